The summed E-state index contributed by atoms with van der Waals surface area (Å²) in [6, 6.07) is 13.9. The highest BCUT2D eigenvalue weighted by Crippen LogP contribution is 2.34. The highest BCUT2D eigenvalue weighted by molar-refractivity contribution is 5.87. The number of benzene rings is 3. The van der Waals surface area contributed by atoms with Crippen LogP contribution in [-0.4, -0.2) is 60.9 Å². The highest BCUT2D eigenvalue weighted by Gasteiger charge is 2.34. The molecule has 4 atom stereocenters. The lowest BCUT2D eigenvalue weighted by molar-refractivity contribution is -0.151. The summed E-state index contributed by atoms with van der Waals surface area (Å²) in [4.78, 5) is 30.0. The van der Waals surface area contributed by atoms with Crippen LogP contribution in [0.15, 0.2) is 85.2 Å². The maximum absolute atomic E-state index is 15.1. The van der Waals surface area contributed by atoms with Gasteiger partial charge in [0.05, 0.1) is 43.8 Å². The second-order valence-corrected chi connectivity index (χ2v) is 13.1. The number of alkyl halides is 3. The van der Waals surface area contributed by atoms with Crippen molar-refractivity contribution in [3.05, 3.63) is 136 Å². The minimum absolute atomic E-state index is 0.106. The number of rotatable bonds is 15. The summed E-state index contributed by atoms with van der Waals surface area (Å²) in [6.07, 6.45) is -4.02. The van der Waals surface area contributed by atoms with Crippen molar-refractivity contribution in [3.63, 3.8) is 0 Å². The quantitative estimate of drug-likeness (QED) is 0.101. The Hall–Kier alpha value is -4.66. The van der Waals surface area contributed by atoms with Gasteiger partial charge in [-0.2, -0.15) is 13.2 Å². The number of halogens is 7. The van der Waals surface area contributed by atoms with E-state index in [9.17, 15) is 35.9 Å². The molecule has 1 fully saturated rings. The summed E-state index contributed by atoms with van der Waals surface area (Å²) in [6.45, 7) is 0.252. The summed E-state index contributed by atoms with van der Waals surface area (Å²) in [5, 5.41) is 3.17. The molecule has 53 heavy (non-hydrogen) atoms. The molecular weight excluding hydrogens is 707 g/mol. The van der Waals surface area contributed by atoms with Crippen molar-refractivity contribution in [2.45, 2.75) is 68.3 Å². The Balaban J connectivity index is 1.14. The van der Waals surface area contributed by atoms with Crippen LogP contribution < -0.4 is 11.1 Å². The number of nitrogens with zero attached hydrogens (tertiary/aromatic N) is 1. The van der Waals surface area contributed by atoms with E-state index in [1.807, 2.05) is 0 Å². The molecule has 0 saturated carbocycles. The number of ether oxygens (including phenoxy) is 2. The van der Waals surface area contributed by atoms with Gasteiger partial charge in [-0.25, -0.2) is 17.6 Å². The maximum Gasteiger partial charge on any atom is 0.389 e. The zero-order valence-corrected chi connectivity index (χ0v) is 28.4. The second kappa shape index (κ2) is 17.9. The van der Waals surface area contributed by atoms with Crippen LogP contribution in [0.3, 0.4) is 0 Å². The fourth-order valence-corrected chi connectivity index (χ4v) is 6.41. The van der Waals surface area contributed by atoms with Gasteiger partial charge >= 0.3 is 12.1 Å². The second-order valence-electron chi connectivity index (χ2n) is 13.1. The van der Waals surface area contributed by atoms with E-state index in [2.05, 4.69) is 10.3 Å². The number of carbonyl (C=O) groups is 2. The number of Topliss-reactive ketones (excluding diaryl/α,β-unsaturated/α-hetero) is 1. The van der Waals surface area contributed by atoms with E-state index in [0.717, 1.165) is 18.3 Å². The molecule has 1 aromatic heterocycles. The summed E-state index contributed by atoms with van der Waals surface area (Å²) in [5.41, 5.74) is 8.35. The third-order valence-corrected chi connectivity index (χ3v) is 9.21. The normalized spacial score (nSPS) is 17.4. The average Bonchev–Trinajstić information content (AvgIpc) is 3.12. The number of carbonyl (C=O) groups excluding carboxylic acids is 2. The van der Waals surface area contributed by atoms with Crippen LogP contribution in [0.1, 0.15) is 58.9 Å². The first-order valence-electron chi connectivity index (χ1n) is 17.0. The van der Waals surface area contributed by atoms with Crippen LogP contribution in [-0.2, 0) is 31.9 Å². The summed E-state index contributed by atoms with van der Waals surface area (Å²) < 4.78 is 107. The average molecular weight is 746 g/mol. The number of hydrogen-bond acceptors (Lipinski definition) is 7. The van der Waals surface area contributed by atoms with Crippen molar-refractivity contribution in [1.82, 2.24) is 10.3 Å². The largest absolute Gasteiger partial charge is 0.464 e. The maximum atomic E-state index is 15.1. The molecule has 1 aliphatic rings. The van der Waals surface area contributed by atoms with Gasteiger partial charge in [0.1, 0.15) is 29.9 Å². The van der Waals surface area contributed by atoms with Gasteiger partial charge in [0.25, 0.3) is 0 Å². The van der Waals surface area contributed by atoms with Gasteiger partial charge in [0.15, 0.2) is 5.78 Å². The molecule has 0 radical (unpaired) electrons. The number of nitrogens with one attached hydrogen (secondary N) is 1. The molecule has 7 nitrogen and oxygen atoms in total. The van der Waals surface area contributed by atoms with Crippen LogP contribution in [0.2, 0.25) is 0 Å². The van der Waals surface area contributed by atoms with Crippen LogP contribution in [0.5, 0.6) is 0 Å². The first kappa shape index (κ1) is 39.5. The van der Waals surface area contributed by atoms with Crippen molar-refractivity contribution in [1.29, 1.82) is 0 Å². The zero-order chi connectivity index (χ0) is 38.1. The Labute approximate surface area is 301 Å². The predicted molar refractivity (Wildman–Crippen MR) is 181 cm³/mol. The van der Waals surface area contributed by atoms with E-state index in [1.165, 1.54) is 66.9 Å². The monoisotopic (exact) mass is 745 g/mol. The number of aromatic nitrogens is 1. The molecule has 1 saturated heterocycles. The van der Waals surface area contributed by atoms with Crippen LogP contribution in [0, 0.1) is 23.3 Å². The SMILES string of the molecule is N[C@H](C(=O)Cc1cncc(F)c1CC[C@@H]1CN[C@H](COC(=O)CC(CC(F)(F)F)c2ccc(F)cc2)CO1)C(c1ccc(F)cc1)c1ccc(F)cc1. The number of ketones is 1. The Kier molecular flexibility index (Phi) is 13.4. The zero-order valence-electron chi connectivity index (χ0n) is 28.4. The molecule has 3 N–H and O–H groups in total. The summed E-state index contributed by atoms with van der Waals surface area (Å²) in [7, 11) is 0. The molecule has 14 heteroatoms. The summed E-state index contributed by atoms with van der Waals surface area (Å²) in [5.74, 6) is -5.43. The molecule has 282 valence electrons. The standard InChI is InChI=1S/C39H38F7N3O4/c40-28-7-1-23(2-8-28)26(17-39(44,45)46)16-36(51)53-22-31-21-52-32(19-49-31)13-14-33-27(18-48-20-34(33)43)15-35(50)38(47)37(24-3-9-29(41)10-4-24)25-5-11-30(42)12-6-25/h1-12,18,20,26,31-32,37-38,49H,13-17,19,21-22,47H2/t26?,31-,32+,38+/m0/s1. The van der Waals surface area contributed by atoms with Gasteiger partial charge < -0.3 is 20.5 Å². The molecule has 0 spiro atoms. The summed E-state index contributed by atoms with van der Waals surface area (Å²) >= 11 is 0. The number of morpholine rings is 1. The third-order valence-electron chi connectivity index (χ3n) is 9.21. The molecule has 0 amide bonds. The van der Waals surface area contributed by atoms with E-state index in [4.69, 9.17) is 15.2 Å². The van der Waals surface area contributed by atoms with Crippen molar-refractivity contribution in [2.24, 2.45) is 5.73 Å². The Morgan fingerprint density at radius 2 is 1.43 bits per heavy atom. The van der Waals surface area contributed by atoms with Crippen molar-refractivity contribution < 1.29 is 49.8 Å². The minimum Gasteiger partial charge on any atom is -0.464 e. The molecular formula is C39H38F7N3O4. The first-order valence-corrected chi connectivity index (χ1v) is 17.0. The molecule has 1 unspecified atom stereocenters. The van der Waals surface area contributed by atoms with Gasteiger partial charge in [-0.05, 0) is 77.1 Å². The van der Waals surface area contributed by atoms with E-state index in [0.29, 0.717) is 29.7 Å². The fraction of sp³-hybridized carbons (Fsp3) is 0.359. The van der Waals surface area contributed by atoms with Gasteiger partial charge in [-0.3, -0.25) is 14.6 Å². The lowest BCUT2D eigenvalue weighted by atomic mass is 9.82. The molecule has 5 rings (SSSR count). The smallest absolute Gasteiger partial charge is 0.389 e. The fourth-order valence-electron chi connectivity index (χ4n) is 6.41. The van der Waals surface area contributed by atoms with Gasteiger partial charge in [-0.15, -0.1) is 0 Å². The van der Waals surface area contributed by atoms with Crippen LogP contribution in [0.4, 0.5) is 30.7 Å². The molecule has 0 aliphatic carbocycles. The molecule has 2 heterocycles. The first-order chi connectivity index (χ1) is 25.3. The highest BCUT2D eigenvalue weighted by atomic mass is 19.4. The third kappa shape index (κ3) is 11.4. The Bertz CT molecular complexity index is 1770. The van der Waals surface area contributed by atoms with E-state index >= 15 is 4.39 Å². The Morgan fingerprint density at radius 3 is 1.96 bits per heavy atom. The lowest BCUT2D eigenvalue weighted by Gasteiger charge is -2.30. The lowest BCUT2D eigenvalue weighted by Crippen LogP contribution is -2.49. The number of hydrogen-bond donors (Lipinski definition) is 2. The minimum atomic E-state index is -4.55. The van der Waals surface area contributed by atoms with Gasteiger partial charge in [-0.1, -0.05) is 36.4 Å². The predicted octanol–water partition coefficient (Wildman–Crippen LogP) is 6.87. The molecule has 4 aromatic rings. The molecule has 0 bridgehead atoms. The number of pyridine rings is 1. The molecule has 1 aliphatic heterocycles. The topological polar surface area (TPSA) is 104 Å². The van der Waals surface area contributed by atoms with Crippen molar-refractivity contribution in [3.8, 4) is 0 Å². The van der Waals surface area contributed by atoms with Crippen molar-refractivity contribution >= 4 is 11.8 Å². The van der Waals surface area contributed by atoms with E-state index < -0.39 is 78.0 Å². The number of esters is 1. The number of nitrogens with two attached hydrogens (primary N) is 1. The molecule has 3 aromatic carbocycles. The van der Waals surface area contributed by atoms with Gasteiger partial charge in [0.2, 0.25) is 0 Å². The Morgan fingerprint density at radius 1 is 0.868 bits per heavy atom. The van der Waals surface area contributed by atoms with Crippen LogP contribution in [0.25, 0.3) is 0 Å². The van der Waals surface area contributed by atoms with Crippen molar-refractivity contribution in [2.75, 3.05) is 19.8 Å². The van der Waals surface area contributed by atoms with E-state index in [-0.39, 0.29) is 43.3 Å². The van der Waals surface area contributed by atoms with Crippen LogP contribution >= 0.6 is 0 Å². The van der Waals surface area contributed by atoms with Gasteiger partial charge in [0, 0.05) is 31.0 Å². The van der Waals surface area contributed by atoms with E-state index in [1.54, 1.807) is 0 Å².